The third-order valence-electron chi connectivity index (χ3n) is 3.34. The van der Waals surface area contributed by atoms with E-state index in [1.807, 2.05) is 0 Å². The van der Waals surface area contributed by atoms with Crippen molar-refractivity contribution in [2.24, 2.45) is 0 Å². The molecule has 21 heavy (non-hydrogen) atoms. The van der Waals surface area contributed by atoms with Crippen LogP contribution in [0.2, 0.25) is 0 Å². The van der Waals surface area contributed by atoms with Crippen LogP contribution in [0.3, 0.4) is 0 Å². The Morgan fingerprint density at radius 1 is 1.48 bits per heavy atom. The number of aryl methyl sites for hydroxylation is 1. The van der Waals surface area contributed by atoms with E-state index in [4.69, 9.17) is 4.42 Å². The summed E-state index contributed by atoms with van der Waals surface area (Å²) in [6.45, 7) is 0. The summed E-state index contributed by atoms with van der Waals surface area (Å²) in [6, 6.07) is 3.31. The fourth-order valence-corrected chi connectivity index (χ4v) is 3.34. The van der Waals surface area contributed by atoms with Crippen LogP contribution in [0.5, 0.6) is 0 Å². The van der Waals surface area contributed by atoms with Gasteiger partial charge in [-0.2, -0.15) is 4.98 Å². The van der Waals surface area contributed by atoms with Crippen molar-refractivity contribution >= 4 is 17.7 Å². The van der Waals surface area contributed by atoms with Crippen LogP contribution in [-0.4, -0.2) is 23.0 Å². The van der Waals surface area contributed by atoms with Crippen LogP contribution >= 0.6 is 11.8 Å². The molecule has 2 aromatic heterocycles. The summed E-state index contributed by atoms with van der Waals surface area (Å²) in [7, 11) is 1.31. The van der Waals surface area contributed by atoms with Crippen molar-refractivity contribution in [3.63, 3.8) is 0 Å². The van der Waals surface area contributed by atoms with Crippen molar-refractivity contribution in [2.75, 3.05) is 7.11 Å². The molecular formula is C14H14N2O4S. The van der Waals surface area contributed by atoms with Gasteiger partial charge in [0.25, 0.3) is 0 Å². The Bertz CT molecular complexity index is 735. The first-order valence-electron chi connectivity index (χ1n) is 6.59. The molecule has 1 aliphatic rings. The average molecular weight is 306 g/mol. The minimum atomic E-state index is -0.499. The number of methoxy groups -OCH3 is 1. The molecule has 6 nitrogen and oxygen atoms in total. The van der Waals surface area contributed by atoms with E-state index in [1.165, 1.54) is 18.9 Å². The van der Waals surface area contributed by atoms with E-state index in [9.17, 15) is 9.59 Å². The molecule has 0 spiro atoms. The maximum atomic E-state index is 11.5. The van der Waals surface area contributed by atoms with Crippen LogP contribution in [0.1, 0.15) is 34.0 Å². The number of hydrogen-bond acceptors (Lipinski definition) is 6. The second kappa shape index (κ2) is 5.77. The van der Waals surface area contributed by atoms with Crippen LogP contribution in [0.4, 0.5) is 0 Å². The molecule has 110 valence electrons. The van der Waals surface area contributed by atoms with Crippen LogP contribution in [0.25, 0.3) is 0 Å². The Kier molecular flexibility index (Phi) is 3.83. The monoisotopic (exact) mass is 306 g/mol. The number of esters is 1. The minimum absolute atomic E-state index is 0.178. The topological polar surface area (TPSA) is 85.2 Å². The molecule has 2 heterocycles. The second-order valence-electron chi connectivity index (χ2n) is 4.70. The standard InChI is InChI=1S/C14H14N2O4S/c1-19-13(17)11-6-5-8(20-11)7-21-12-9-3-2-4-10(9)15-14(18)16-12/h5-6H,2-4,7H2,1H3,(H,15,16,18). The lowest BCUT2D eigenvalue weighted by Crippen LogP contribution is -2.14. The molecule has 0 fully saturated rings. The number of carbonyl (C=O) groups is 1. The third kappa shape index (κ3) is 2.87. The molecule has 0 amide bonds. The van der Waals surface area contributed by atoms with Crippen molar-refractivity contribution < 1.29 is 13.9 Å². The maximum absolute atomic E-state index is 11.5. The fourth-order valence-electron chi connectivity index (χ4n) is 2.36. The summed E-state index contributed by atoms with van der Waals surface area (Å²) in [6.07, 6.45) is 2.87. The van der Waals surface area contributed by atoms with Gasteiger partial charge in [0.05, 0.1) is 12.9 Å². The number of ether oxygens (including phenoxy) is 1. The van der Waals surface area contributed by atoms with E-state index in [2.05, 4.69) is 14.7 Å². The molecule has 0 radical (unpaired) electrons. The highest BCUT2D eigenvalue weighted by atomic mass is 32.2. The summed E-state index contributed by atoms with van der Waals surface area (Å²) in [5, 5.41) is 0.752. The molecular weight excluding hydrogens is 292 g/mol. The van der Waals surface area contributed by atoms with Crippen LogP contribution in [0.15, 0.2) is 26.4 Å². The normalized spacial score (nSPS) is 13.2. The van der Waals surface area contributed by atoms with Gasteiger partial charge in [-0.25, -0.2) is 9.59 Å². The first-order valence-corrected chi connectivity index (χ1v) is 7.58. The lowest BCUT2D eigenvalue weighted by molar-refractivity contribution is 0.0563. The van der Waals surface area contributed by atoms with Gasteiger partial charge in [0.1, 0.15) is 10.8 Å². The number of fused-ring (bicyclic) bond motifs is 1. The summed E-state index contributed by atoms with van der Waals surface area (Å²) in [5.74, 6) is 0.840. The highest BCUT2D eigenvalue weighted by Gasteiger charge is 2.18. The molecule has 0 unspecified atom stereocenters. The molecule has 3 rings (SSSR count). The molecule has 0 saturated heterocycles. The third-order valence-corrected chi connectivity index (χ3v) is 4.38. The molecule has 0 aromatic carbocycles. The zero-order chi connectivity index (χ0) is 14.8. The van der Waals surface area contributed by atoms with Crippen molar-refractivity contribution in [3.8, 4) is 0 Å². The van der Waals surface area contributed by atoms with Gasteiger partial charge >= 0.3 is 11.7 Å². The van der Waals surface area contributed by atoms with Gasteiger partial charge in [-0.15, -0.1) is 0 Å². The van der Waals surface area contributed by atoms with Crippen LogP contribution in [-0.2, 0) is 23.3 Å². The van der Waals surface area contributed by atoms with Crippen LogP contribution < -0.4 is 5.69 Å². The summed E-state index contributed by atoms with van der Waals surface area (Å²) in [5.41, 5.74) is 1.80. The van der Waals surface area contributed by atoms with Crippen molar-refractivity contribution in [1.82, 2.24) is 9.97 Å². The summed E-state index contributed by atoms with van der Waals surface area (Å²) < 4.78 is 9.99. The number of aromatic nitrogens is 2. The van der Waals surface area contributed by atoms with E-state index in [0.717, 1.165) is 35.5 Å². The Morgan fingerprint density at radius 2 is 2.33 bits per heavy atom. The summed E-state index contributed by atoms with van der Waals surface area (Å²) in [4.78, 5) is 29.7. The Labute approximate surface area is 124 Å². The number of thioether (sulfide) groups is 1. The Hall–Kier alpha value is -2.02. The zero-order valence-corrected chi connectivity index (χ0v) is 12.3. The molecule has 0 bridgehead atoms. The van der Waals surface area contributed by atoms with Crippen molar-refractivity contribution in [1.29, 1.82) is 0 Å². The Balaban J connectivity index is 1.75. The number of H-pyrrole nitrogens is 1. The quantitative estimate of drug-likeness (QED) is 0.528. The lowest BCUT2D eigenvalue weighted by Gasteiger charge is -2.05. The predicted octanol–water partition coefficient (Wildman–Crippen LogP) is 1.93. The number of rotatable bonds is 4. The van der Waals surface area contributed by atoms with Crippen molar-refractivity contribution in [2.45, 2.75) is 30.0 Å². The molecule has 0 aliphatic heterocycles. The van der Waals surface area contributed by atoms with E-state index < -0.39 is 5.97 Å². The summed E-state index contributed by atoms with van der Waals surface area (Å²) >= 11 is 1.45. The van der Waals surface area contributed by atoms with E-state index in [1.54, 1.807) is 12.1 Å². The molecule has 1 N–H and O–H groups in total. The van der Waals surface area contributed by atoms with Crippen LogP contribution in [0, 0.1) is 0 Å². The molecule has 1 aliphatic carbocycles. The molecule has 0 atom stereocenters. The van der Waals surface area contributed by atoms with Gasteiger partial charge in [-0.3, -0.25) is 0 Å². The number of carbonyl (C=O) groups excluding carboxylic acids is 1. The number of aromatic amines is 1. The number of nitrogens with one attached hydrogen (secondary N) is 1. The predicted molar refractivity (Wildman–Crippen MR) is 76.5 cm³/mol. The number of nitrogens with zero attached hydrogens (tertiary/aromatic N) is 1. The first kappa shape index (κ1) is 13.9. The SMILES string of the molecule is COC(=O)c1ccc(CSc2nc(=O)[nH]c3c2CCC3)o1. The van der Waals surface area contributed by atoms with Gasteiger partial charge in [-0.1, -0.05) is 11.8 Å². The highest BCUT2D eigenvalue weighted by molar-refractivity contribution is 7.98. The number of furan rings is 1. The fraction of sp³-hybridized carbons (Fsp3) is 0.357. The largest absolute Gasteiger partial charge is 0.463 e. The van der Waals surface area contributed by atoms with Gasteiger partial charge < -0.3 is 14.1 Å². The minimum Gasteiger partial charge on any atom is -0.463 e. The van der Waals surface area contributed by atoms with E-state index in [0.29, 0.717) is 11.5 Å². The van der Waals surface area contributed by atoms with E-state index >= 15 is 0 Å². The van der Waals surface area contributed by atoms with Gasteiger partial charge in [0, 0.05) is 11.3 Å². The number of hydrogen-bond donors (Lipinski definition) is 1. The maximum Gasteiger partial charge on any atom is 0.373 e. The molecule has 2 aromatic rings. The average Bonchev–Trinajstić information content (AvgIpc) is 3.12. The molecule has 0 saturated carbocycles. The smallest absolute Gasteiger partial charge is 0.373 e. The van der Waals surface area contributed by atoms with Gasteiger partial charge in [-0.05, 0) is 31.4 Å². The molecule has 7 heteroatoms. The first-order chi connectivity index (χ1) is 10.2. The second-order valence-corrected chi connectivity index (χ2v) is 5.67. The zero-order valence-electron chi connectivity index (χ0n) is 11.5. The van der Waals surface area contributed by atoms with Gasteiger partial charge in [0.2, 0.25) is 5.76 Å². The van der Waals surface area contributed by atoms with E-state index in [-0.39, 0.29) is 11.4 Å². The lowest BCUT2D eigenvalue weighted by atomic mass is 10.3. The van der Waals surface area contributed by atoms with Gasteiger partial charge in [0.15, 0.2) is 0 Å². The Morgan fingerprint density at radius 3 is 3.14 bits per heavy atom. The van der Waals surface area contributed by atoms with Crippen molar-refractivity contribution in [3.05, 3.63) is 45.4 Å². The highest BCUT2D eigenvalue weighted by Crippen LogP contribution is 2.30.